The lowest BCUT2D eigenvalue weighted by Gasteiger charge is -2.11. The third kappa shape index (κ3) is 6.10. The Balaban J connectivity index is 1.83. The minimum atomic E-state index is -0.615. The molecule has 0 fully saturated rings. The molecule has 0 saturated carbocycles. The van der Waals surface area contributed by atoms with Gasteiger partial charge in [0, 0.05) is 16.7 Å². The molecule has 0 heterocycles. The molecule has 2 rings (SSSR count). The van der Waals surface area contributed by atoms with Crippen molar-refractivity contribution in [3.8, 4) is 0 Å². The number of carbonyl (C=O) groups excluding carboxylic acids is 2. The third-order valence-corrected chi connectivity index (χ3v) is 4.87. The molecular weight excluding hydrogens is 368 g/mol. The summed E-state index contributed by atoms with van der Waals surface area (Å²) in [7, 11) is 0. The van der Waals surface area contributed by atoms with Gasteiger partial charge in [0.2, 0.25) is 0 Å². The second-order valence-corrected chi connectivity index (χ2v) is 6.95. The summed E-state index contributed by atoms with van der Waals surface area (Å²) in [5, 5.41) is 13.6. The van der Waals surface area contributed by atoms with Crippen molar-refractivity contribution in [2.75, 3.05) is 17.7 Å². The van der Waals surface area contributed by atoms with Gasteiger partial charge in [-0.15, -0.1) is 11.8 Å². The van der Waals surface area contributed by atoms with Crippen LogP contribution in [0.2, 0.25) is 0 Å². The van der Waals surface area contributed by atoms with Gasteiger partial charge in [-0.25, -0.2) is 0 Å². The number of aryl methyl sites for hydroxylation is 1. The summed E-state index contributed by atoms with van der Waals surface area (Å²) in [5.41, 5.74) is 1.34. The number of amides is 1. The SMILES string of the molecule is Cc1ccc([N+](=O)[O-])c(NC(=O)COC(=O)CCSc2ccccc2)c1C. The van der Waals surface area contributed by atoms with Crippen molar-refractivity contribution in [2.45, 2.75) is 25.2 Å². The Morgan fingerprint density at radius 2 is 1.85 bits per heavy atom. The van der Waals surface area contributed by atoms with E-state index >= 15 is 0 Å². The van der Waals surface area contributed by atoms with Crippen LogP contribution < -0.4 is 5.32 Å². The van der Waals surface area contributed by atoms with E-state index in [1.165, 1.54) is 17.8 Å². The van der Waals surface area contributed by atoms with Gasteiger partial charge in [0.1, 0.15) is 5.69 Å². The molecule has 7 nitrogen and oxygen atoms in total. The maximum atomic E-state index is 12.0. The molecule has 0 bridgehead atoms. The van der Waals surface area contributed by atoms with E-state index in [-0.39, 0.29) is 17.8 Å². The highest BCUT2D eigenvalue weighted by Crippen LogP contribution is 2.30. The fourth-order valence-corrected chi connectivity index (χ4v) is 3.13. The number of nitrogens with zero attached hydrogens (tertiary/aromatic N) is 1. The molecule has 1 N–H and O–H groups in total. The highest BCUT2D eigenvalue weighted by atomic mass is 32.2. The quantitative estimate of drug-likeness (QED) is 0.319. The summed E-state index contributed by atoms with van der Waals surface area (Å²) in [6.07, 6.45) is 0.163. The number of hydrogen-bond donors (Lipinski definition) is 1. The molecule has 0 aliphatic rings. The van der Waals surface area contributed by atoms with Crippen molar-refractivity contribution in [3.05, 3.63) is 63.7 Å². The zero-order chi connectivity index (χ0) is 19.8. The average molecular weight is 388 g/mol. The first-order chi connectivity index (χ1) is 12.9. The van der Waals surface area contributed by atoms with Crippen molar-refractivity contribution in [1.82, 2.24) is 0 Å². The van der Waals surface area contributed by atoms with Crippen LogP contribution in [0.25, 0.3) is 0 Å². The minimum absolute atomic E-state index is 0.126. The number of nitro benzene ring substituents is 1. The lowest BCUT2D eigenvalue weighted by Crippen LogP contribution is -2.22. The van der Waals surface area contributed by atoms with Crippen molar-refractivity contribution in [2.24, 2.45) is 0 Å². The van der Waals surface area contributed by atoms with Gasteiger partial charge in [0.15, 0.2) is 6.61 Å². The number of anilines is 1. The smallest absolute Gasteiger partial charge is 0.307 e. The van der Waals surface area contributed by atoms with Crippen LogP contribution >= 0.6 is 11.8 Å². The average Bonchev–Trinajstić information content (AvgIpc) is 2.64. The first kappa shape index (κ1) is 20.4. The van der Waals surface area contributed by atoms with Crippen LogP contribution in [0.15, 0.2) is 47.4 Å². The minimum Gasteiger partial charge on any atom is -0.456 e. The molecule has 8 heteroatoms. The summed E-state index contributed by atoms with van der Waals surface area (Å²) in [6, 6.07) is 12.6. The molecule has 0 aromatic heterocycles. The van der Waals surface area contributed by atoms with Crippen LogP contribution in [0.5, 0.6) is 0 Å². The molecule has 2 aromatic carbocycles. The van der Waals surface area contributed by atoms with Crippen LogP contribution in [0.3, 0.4) is 0 Å². The molecule has 142 valence electrons. The Kier molecular flexibility index (Phi) is 7.36. The molecular formula is C19H20N2O5S. The van der Waals surface area contributed by atoms with Crippen LogP contribution in [0.4, 0.5) is 11.4 Å². The molecule has 0 radical (unpaired) electrons. The molecule has 27 heavy (non-hydrogen) atoms. The number of nitro groups is 1. The second-order valence-electron chi connectivity index (χ2n) is 5.78. The number of hydrogen-bond acceptors (Lipinski definition) is 6. The number of thioether (sulfide) groups is 1. The Bertz CT molecular complexity index is 839. The van der Waals surface area contributed by atoms with Gasteiger partial charge >= 0.3 is 5.97 Å². The van der Waals surface area contributed by atoms with Gasteiger partial charge in [0.25, 0.3) is 11.6 Å². The monoisotopic (exact) mass is 388 g/mol. The molecule has 2 aromatic rings. The van der Waals surface area contributed by atoms with E-state index < -0.39 is 23.4 Å². The van der Waals surface area contributed by atoms with Gasteiger partial charge < -0.3 is 10.1 Å². The fourth-order valence-electron chi connectivity index (χ4n) is 2.27. The van der Waals surface area contributed by atoms with Crippen molar-refractivity contribution >= 4 is 35.0 Å². The van der Waals surface area contributed by atoms with Gasteiger partial charge in [-0.05, 0) is 37.1 Å². The number of carbonyl (C=O) groups is 2. The highest BCUT2D eigenvalue weighted by molar-refractivity contribution is 7.99. The van der Waals surface area contributed by atoms with Crippen molar-refractivity contribution in [3.63, 3.8) is 0 Å². The van der Waals surface area contributed by atoms with E-state index in [2.05, 4.69) is 5.32 Å². The van der Waals surface area contributed by atoms with E-state index in [9.17, 15) is 19.7 Å². The Morgan fingerprint density at radius 1 is 1.15 bits per heavy atom. The summed E-state index contributed by atoms with van der Waals surface area (Å²) < 4.78 is 4.95. The van der Waals surface area contributed by atoms with Crippen molar-refractivity contribution in [1.29, 1.82) is 0 Å². The van der Waals surface area contributed by atoms with Crippen LogP contribution in [-0.4, -0.2) is 29.2 Å². The first-order valence-corrected chi connectivity index (χ1v) is 9.25. The Hall–Kier alpha value is -2.87. The van der Waals surface area contributed by atoms with E-state index in [0.717, 1.165) is 10.5 Å². The molecule has 1 amide bonds. The highest BCUT2D eigenvalue weighted by Gasteiger charge is 2.20. The zero-order valence-corrected chi connectivity index (χ0v) is 15.9. The number of ether oxygens (including phenoxy) is 1. The van der Waals surface area contributed by atoms with Gasteiger partial charge in [0.05, 0.1) is 11.3 Å². The predicted molar refractivity (Wildman–Crippen MR) is 104 cm³/mol. The fraction of sp³-hybridized carbons (Fsp3) is 0.263. The lowest BCUT2D eigenvalue weighted by molar-refractivity contribution is -0.384. The maximum Gasteiger partial charge on any atom is 0.307 e. The maximum absolute atomic E-state index is 12.0. The summed E-state index contributed by atoms with van der Waals surface area (Å²) in [4.78, 5) is 35.4. The van der Waals surface area contributed by atoms with Gasteiger partial charge in [-0.1, -0.05) is 24.3 Å². The van der Waals surface area contributed by atoms with E-state index in [4.69, 9.17) is 4.74 Å². The van der Waals surface area contributed by atoms with E-state index in [1.807, 2.05) is 30.3 Å². The van der Waals surface area contributed by atoms with Crippen molar-refractivity contribution < 1.29 is 19.2 Å². The Labute approximate surface area is 161 Å². The van der Waals surface area contributed by atoms with Gasteiger partial charge in [-0.3, -0.25) is 19.7 Å². The summed E-state index contributed by atoms with van der Waals surface area (Å²) in [5.74, 6) is -0.577. The molecule has 0 spiro atoms. The molecule has 0 aliphatic heterocycles. The predicted octanol–water partition coefficient (Wildman–Crippen LogP) is 3.88. The Morgan fingerprint density at radius 3 is 2.52 bits per heavy atom. The number of rotatable bonds is 8. The summed E-state index contributed by atoms with van der Waals surface area (Å²) in [6.45, 7) is 2.99. The number of benzene rings is 2. The molecule has 0 unspecified atom stereocenters. The molecule has 0 atom stereocenters. The lowest BCUT2D eigenvalue weighted by atomic mass is 10.1. The third-order valence-electron chi connectivity index (χ3n) is 3.86. The first-order valence-electron chi connectivity index (χ1n) is 8.26. The molecule has 0 saturated heterocycles. The molecule has 0 aliphatic carbocycles. The largest absolute Gasteiger partial charge is 0.456 e. The topological polar surface area (TPSA) is 98.5 Å². The van der Waals surface area contributed by atoms with E-state index in [0.29, 0.717) is 11.3 Å². The standard InChI is InChI=1S/C19H20N2O5S/c1-13-8-9-16(21(24)25)19(14(13)2)20-17(22)12-26-18(23)10-11-27-15-6-4-3-5-7-15/h3-9H,10-12H2,1-2H3,(H,20,22). The van der Waals surface area contributed by atoms with Gasteiger partial charge in [-0.2, -0.15) is 0 Å². The van der Waals surface area contributed by atoms with Crippen LogP contribution in [0, 0.1) is 24.0 Å². The summed E-state index contributed by atoms with van der Waals surface area (Å²) >= 11 is 1.52. The van der Waals surface area contributed by atoms with Crippen LogP contribution in [0.1, 0.15) is 17.5 Å². The van der Waals surface area contributed by atoms with Crippen LogP contribution in [-0.2, 0) is 14.3 Å². The number of nitrogens with one attached hydrogen (secondary N) is 1. The normalized spacial score (nSPS) is 10.3. The number of esters is 1. The van der Waals surface area contributed by atoms with E-state index in [1.54, 1.807) is 19.9 Å². The second kappa shape index (κ2) is 9.72. The zero-order valence-electron chi connectivity index (χ0n) is 15.1.